The zero-order valence-electron chi connectivity index (χ0n) is 19.4. The van der Waals surface area contributed by atoms with Gasteiger partial charge in [-0.1, -0.05) is 41.3 Å². The van der Waals surface area contributed by atoms with Gasteiger partial charge in [0, 0.05) is 5.75 Å². The smallest absolute Gasteiger partial charge is 0.296 e. The van der Waals surface area contributed by atoms with Crippen molar-refractivity contribution in [1.29, 1.82) is 0 Å². The van der Waals surface area contributed by atoms with Crippen LogP contribution in [-0.4, -0.2) is 39.2 Å². The molecule has 1 aliphatic rings. The van der Waals surface area contributed by atoms with E-state index < -0.39 is 23.5 Å². The Morgan fingerprint density at radius 1 is 1.24 bits per heavy atom. The number of anilines is 1. The van der Waals surface area contributed by atoms with Crippen molar-refractivity contribution >= 4 is 55.9 Å². The number of aliphatic hydroxyl groups excluding tert-OH is 1. The zero-order valence-corrected chi connectivity index (χ0v) is 22.6. The van der Waals surface area contributed by atoms with Crippen molar-refractivity contribution in [2.75, 3.05) is 12.0 Å². The third-order valence-corrected chi connectivity index (χ3v) is 8.40. The van der Waals surface area contributed by atoms with Gasteiger partial charge in [0.1, 0.15) is 5.82 Å². The number of rotatable bonds is 8. The van der Waals surface area contributed by atoms with Gasteiger partial charge >= 0.3 is 0 Å². The third-order valence-electron chi connectivity index (χ3n) is 5.70. The topological polar surface area (TPSA) is 126 Å². The number of methoxy groups -OCH3 is 1. The van der Waals surface area contributed by atoms with Crippen molar-refractivity contribution in [1.82, 2.24) is 10.2 Å². The molecule has 13 heteroatoms. The van der Waals surface area contributed by atoms with Crippen LogP contribution in [0.25, 0.3) is 0 Å². The van der Waals surface area contributed by atoms with Crippen LogP contribution >= 0.6 is 39.0 Å². The van der Waals surface area contributed by atoms with Crippen LogP contribution in [0.2, 0.25) is 0 Å². The Balaban J connectivity index is 1.55. The molecule has 0 spiro atoms. The van der Waals surface area contributed by atoms with Gasteiger partial charge < -0.3 is 19.4 Å². The number of phenols is 1. The number of ether oxygens (including phenoxy) is 1. The number of Topliss-reactive ketones (excluding diaryl/α,β-unsaturated/α-hetero) is 1. The number of aromatic hydroxyl groups is 1. The highest BCUT2D eigenvalue weighted by Crippen LogP contribution is 2.47. The van der Waals surface area contributed by atoms with Crippen molar-refractivity contribution < 1.29 is 33.3 Å². The first-order chi connectivity index (χ1) is 18.3. The van der Waals surface area contributed by atoms with E-state index in [-0.39, 0.29) is 44.0 Å². The highest BCUT2D eigenvalue weighted by molar-refractivity contribution is 9.10. The highest BCUT2D eigenvalue weighted by Gasteiger charge is 2.47. The van der Waals surface area contributed by atoms with E-state index in [2.05, 4.69) is 26.1 Å². The number of hydrogen-bond donors (Lipinski definition) is 2. The molecule has 2 aromatic carbocycles. The van der Waals surface area contributed by atoms with Crippen molar-refractivity contribution in [3.8, 4) is 11.5 Å². The molecule has 4 aromatic rings. The summed E-state index contributed by atoms with van der Waals surface area (Å²) in [5.74, 6) is -2.57. The second-order valence-corrected chi connectivity index (χ2v) is 11.0. The fourth-order valence-electron chi connectivity index (χ4n) is 3.91. The van der Waals surface area contributed by atoms with E-state index in [1.165, 1.54) is 55.5 Å². The summed E-state index contributed by atoms with van der Waals surface area (Å²) in [4.78, 5) is 27.9. The first-order valence-corrected chi connectivity index (χ1v) is 13.5. The van der Waals surface area contributed by atoms with Crippen LogP contribution in [0, 0.1) is 5.82 Å². The number of hydrogen-bond acceptors (Lipinski definition) is 10. The zero-order chi connectivity index (χ0) is 27.0. The minimum absolute atomic E-state index is 0.0746. The summed E-state index contributed by atoms with van der Waals surface area (Å²) in [6.45, 7) is 0. The van der Waals surface area contributed by atoms with Gasteiger partial charge in [0.25, 0.3) is 5.91 Å². The maximum absolute atomic E-state index is 14.0. The molecule has 0 radical (unpaired) electrons. The van der Waals surface area contributed by atoms with Crippen LogP contribution in [-0.2, 0) is 10.5 Å². The Hall–Kier alpha value is -3.68. The molecule has 194 valence electrons. The molecule has 0 bridgehead atoms. The molecule has 0 saturated carbocycles. The Kier molecular flexibility index (Phi) is 7.23. The minimum atomic E-state index is -1.15. The van der Waals surface area contributed by atoms with Crippen LogP contribution in [0.1, 0.15) is 27.7 Å². The number of carbonyl (C=O) groups is 2. The molecule has 5 rings (SSSR count). The average molecular weight is 618 g/mol. The fraction of sp³-hybridized carbons (Fsp3) is 0.120. The molecular formula is C25H17BrFN3O6S2. The quantitative estimate of drug-likeness (QED) is 0.143. The van der Waals surface area contributed by atoms with Crippen molar-refractivity contribution in [3.63, 3.8) is 0 Å². The van der Waals surface area contributed by atoms with Gasteiger partial charge in [-0.05, 0) is 57.4 Å². The predicted octanol–water partition coefficient (Wildman–Crippen LogP) is 5.82. The molecule has 2 N–H and O–H groups in total. The van der Waals surface area contributed by atoms with Crippen LogP contribution in [0.3, 0.4) is 0 Å². The number of carbonyl (C=O) groups excluding carboxylic acids is 2. The first kappa shape index (κ1) is 25.9. The largest absolute Gasteiger partial charge is 0.503 e. The van der Waals surface area contributed by atoms with Gasteiger partial charge in [-0.3, -0.25) is 14.5 Å². The lowest BCUT2D eigenvalue weighted by Gasteiger charge is -2.24. The highest BCUT2D eigenvalue weighted by atomic mass is 79.9. The number of thioether (sulfide) groups is 1. The summed E-state index contributed by atoms with van der Waals surface area (Å²) >= 11 is 5.54. The molecule has 1 aliphatic heterocycles. The van der Waals surface area contributed by atoms with Gasteiger partial charge in [-0.25, -0.2) is 4.39 Å². The second kappa shape index (κ2) is 10.6. The number of furan rings is 1. The Bertz CT molecular complexity index is 1570. The maximum Gasteiger partial charge on any atom is 0.296 e. The summed E-state index contributed by atoms with van der Waals surface area (Å²) in [7, 11) is 1.36. The van der Waals surface area contributed by atoms with Gasteiger partial charge in [0.15, 0.2) is 27.4 Å². The lowest BCUT2D eigenvalue weighted by atomic mass is 9.95. The number of phenolic OH excluding ortho intramolecular Hbond substituents is 1. The van der Waals surface area contributed by atoms with Crippen LogP contribution in [0.4, 0.5) is 9.52 Å². The summed E-state index contributed by atoms with van der Waals surface area (Å²) in [6, 6.07) is 11.1. The first-order valence-electron chi connectivity index (χ1n) is 10.9. The Morgan fingerprint density at radius 3 is 2.74 bits per heavy atom. The van der Waals surface area contributed by atoms with Crippen LogP contribution in [0.5, 0.6) is 11.5 Å². The van der Waals surface area contributed by atoms with E-state index in [4.69, 9.17) is 9.15 Å². The van der Waals surface area contributed by atoms with Crippen molar-refractivity contribution in [2.24, 2.45) is 0 Å². The minimum Gasteiger partial charge on any atom is -0.503 e. The molecule has 1 atom stereocenters. The predicted molar refractivity (Wildman–Crippen MR) is 141 cm³/mol. The number of aromatic nitrogens is 2. The lowest BCUT2D eigenvalue weighted by Crippen LogP contribution is -2.31. The third kappa shape index (κ3) is 4.68. The summed E-state index contributed by atoms with van der Waals surface area (Å²) < 4.78 is 25.2. The molecule has 1 unspecified atom stereocenters. The van der Waals surface area contributed by atoms with E-state index >= 15 is 0 Å². The van der Waals surface area contributed by atoms with E-state index in [9.17, 15) is 24.2 Å². The van der Waals surface area contributed by atoms with E-state index in [1.807, 2.05) is 0 Å². The number of halogens is 2. The van der Waals surface area contributed by atoms with E-state index in [0.717, 1.165) is 16.2 Å². The summed E-state index contributed by atoms with van der Waals surface area (Å²) in [6.07, 6.45) is 1.30. The van der Waals surface area contributed by atoms with Gasteiger partial charge in [0.2, 0.25) is 10.9 Å². The normalized spacial score (nSPS) is 15.4. The lowest BCUT2D eigenvalue weighted by molar-refractivity contribution is -0.117. The monoisotopic (exact) mass is 617 g/mol. The Labute approximate surface area is 231 Å². The number of benzene rings is 2. The number of aliphatic hydroxyl groups is 1. The molecule has 0 fully saturated rings. The van der Waals surface area contributed by atoms with E-state index in [0.29, 0.717) is 15.5 Å². The van der Waals surface area contributed by atoms with Gasteiger partial charge in [0.05, 0.1) is 29.5 Å². The Morgan fingerprint density at radius 2 is 2.03 bits per heavy atom. The molecule has 9 nitrogen and oxygen atoms in total. The van der Waals surface area contributed by atoms with Gasteiger partial charge in [-0.15, -0.1) is 10.2 Å². The molecule has 38 heavy (non-hydrogen) atoms. The molecular weight excluding hydrogens is 601 g/mol. The fourth-order valence-corrected chi connectivity index (χ4v) is 6.22. The van der Waals surface area contributed by atoms with E-state index in [1.54, 1.807) is 18.2 Å². The molecule has 1 amide bonds. The SMILES string of the molecule is COc1cc(C2C(C(=O)c3ccco3)=C(O)C(=O)N2c2nnc(SCc3ccccc3F)s2)cc(Br)c1O. The van der Waals surface area contributed by atoms with Gasteiger partial charge in [-0.2, -0.15) is 0 Å². The number of ketones is 1. The van der Waals surface area contributed by atoms with Crippen molar-refractivity contribution in [3.05, 3.63) is 93.3 Å². The second-order valence-electron chi connectivity index (χ2n) is 7.93. The molecule has 3 heterocycles. The average Bonchev–Trinajstić information content (AvgIpc) is 3.66. The number of amides is 1. The van der Waals surface area contributed by atoms with Crippen molar-refractivity contribution in [2.45, 2.75) is 16.1 Å². The summed E-state index contributed by atoms with van der Waals surface area (Å²) in [5, 5.41) is 29.5. The molecule has 2 aromatic heterocycles. The molecule has 0 saturated heterocycles. The maximum atomic E-state index is 14.0. The molecule has 0 aliphatic carbocycles. The summed E-state index contributed by atoms with van der Waals surface area (Å²) in [5.41, 5.74) is 0.589. The van der Waals surface area contributed by atoms with Crippen LogP contribution < -0.4 is 9.64 Å². The standard InChI is InChI=1S/C25H17BrFN3O6S2/c1-35-17-10-13(9-14(26)20(17)31)19-18(21(32)16-7-4-8-36-16)22(33)23(34)30(19)24-28-29-25(38-24)37-11-12-5-2-3-6-15(12)27/h2-10,19,31,33H,11H2,1H3. The van der Waals surface area contributed by atoms with Crippen LogP contribution in [0.15, 0.2) is 79.4 Å². The number of nitrogens with zero attached hydrogens (tertiary/aromatic N) is 3.